The lowest BCUT2D eigenvalue weighted by molar-refractivity contribution is -0.116. The fraction of sp³-hybridized carbons (Fsp3) is 0.0588. The molecule has 8 nitrogen and oxygen atoms in total. The van der Waals surface area contributed by atoms with E-state index >= 15 is 0 Å². The molecule has 0 fully saturated rings. The summed E-state index contributed by atoms with van der Waals surface area (Å²) in [4.78, 5) is 40.4. The van der Waals surface area contributed by atoms with Gasteiger partial charge >= 0.3 is 0 Å². The third kappa shape index (κ3) is 8.03. The maximum absolute atomic E-state index is 13.4. The van der Waals surface area contributed by atoms with Gasteiger partial charge in [-0.3, -0.25) is 14.4 Å². The van der Waals surface area contributed by atoms with Gasteiger partial charge in [0.2, 0.25) is 5.91 Å². The van der Waals surface area contributed by atoms with Gasteiger partial charge < -0.3 is 20.5 Å². The number of benzene rings is 4. The van der Waals surface area contributed by atoms with E-state index in [9.17, 15) is 14.4 Å². The first-order valence-electron chi connectivity index (χ1n) is 13.6. The van der Waals surface area contributed by atoms with Crippen LogP contribution in [0.15, 0.2) is 130 Å². The van der Waals surface area contributed by atoms with E-state index in [2.05, 4.69) is 21.1 Å². The normalized spacial score (nSPS) is 11.8. The van der Waals surface area contributed by atoms with E-state index in [-0.39, 0.29) is 11.6 Å². The number of nitrogens with zero attached hydrogens (tertiary/aromatic N) is 1. The number of aryl methyl sites for hydroxylation is 1. The van der Waals surface area contributed by atoms with Crippen molar-refractivity contribution >= 4 is 58.7 Å². The molecule has 0 saturated carbocycles. The van der Waals surface area contributed by atoms with Crippen molar-refractivity contribution in [1.82, 2.24) is 10.5 Å². The van der Waals surface area contributed by atoms with Crippen molar-refractivity contribution in [2.24, 2.45) is 0 Å². The average Bonchev–Trinajstić information content (AvgIpc) is 3.46. The van der Waals surface area contributed by atoms with Crippen LogP contribution in [-0.2, 0) is 9.59 Å². The van der Waals surface area contributed by atoms with Gasteiger partial charge in [-0.05, 0) is 66.6 Å². The Balaban J connectivity index is 1.33. The van der Waals surface area contributed by atoms with E-state index in [0.29, 0.717) is 33.4 Å². The quantitative estimate of drug-likeness (QED) is 0.110. The lowest BCUT2D eigenvalue weighted by Crippen LogP contribution is -2.30. The molecule has 44 heavy (non-hydrogen) atoms. The lowest BCUT2D eigenvalue weighted by atomic mass is 10.1. The van der Waals surface area contributed by atoms with Crippen molar-refractivity contribution in [3.63, 3.8) is 0 Å². The molecule has 1 aromatic heterocycles. The van der Waals surface area contributed by atoms with Gasteiger partial charge in [0.15, 0.2) is 5.82 Å². The predicted octanol–water partition coefficient (Wildman–Crippen LogP) is 7.52. The zero-order chi connectivity index (χ0) is 30.9. The molecule has 0 radical (unpaired) electrons. The van der Waals surface area contributed by atoms with Crippen LogP contribution in [0.1, 0.15) is 32.5 Å². The van der Waals surface area contributed by atoms with Gasteiger partial charge in [-0.1, -0.05) is 83.5 Å². The number of anilines is 2. The number of carbonyl (C=O) groups excluding carboxylic acids is 3. The summed E-state index contributed by atoms with van der Waals surface area (Å²) in [6, 6.07) is 33.8. The Labute approximate surface area is 263 Å². The standard InChI is InChI=1S/C34H27ClN4O4S/c1-22-20-30(39-43-22)38-34(42)31(23-10-4-2-5-11-23)44-27-18-16-26(17-19-27)36-33(41)29(21-25-14-8-9-15-28(25)35)37-32(40)24-12-6-3-7-13-24/h2-21,31H,1H3,(H,36,41)(H,37,40)(H,38,39,42)/b29-21-. The van der Waals surface area contributed by atoms with Crippen LogP contribution < -0.4 is 16.0 Å². The second kappa shape index (κ2) is 14.4. The van der Waals surface area contributed by atoms with E-state index in [4.69, 9.17) is 16.1 Å². The molecule has 0 aliphatic carbocycles. The summed E-state index contributed by atoms with van der Waals surface area (Å²) < 4.78 is 5.07. The number of carbonyl (C=O) groups is 3. The first kappa shape index (κ1) is 30.3. The van der Waals surface area contributed by atoms with Crippen molar-refractivity contribution in [2.45, 2.75) is 17.1 Å². The summed E-state index contributed by atoms with van der Waals surface area (Å²) in [5.41, 5.74) is 2.32. The Morgan fingerprint density at radius 3 is 2.16 bits per heavy atom. The molecule has 220 valence electrons. The van der Waals surface area contributed by atoms with Crippen molar-refractivity contribution in [3.8, 4) is 0 Å². The molecule has 1 unspecified atom stereocenters. The molecule has 0 saturated heterocycles. The number of nitrogens with one attached hydrogen (secondary N) is 3. The second-order valence-electron chi connectivity index (χ2n) is 9.60. The van der Waals surface area contributed by atoms with E-state index in [1.54, 1.807) is 79.7 Å². The topological polar surface area (TPSA) is 113 Å². The van der Waals surface area contributed by atoms with Crippen LogP contribution in [0.3, 0.4) is 0 Å². The molecule has 0 aliphatic rings. The van der Waals surface area contributed by atoms with Crippen LogP contribution >= 0.6 is 23.4 Å². The molecule has 0 bridgehead atoms. The third-order valence-corrected chi connectivity index (χ3v) is 7.93. The molecule has 4 aromatic carbocycles. The van der Waals surface area contributed by atoms with Crippen LogP contribution in [0.4, 0.5) is 11.5 Å². The molecule has 5 aromatic rings. The van der Waals surface area contributed by atoms with Crippen molar-refractivity contribution < 1.29 is 18.9 Å². The van der Waals surface area contributed by atoms with Crippen molar-refractivity contribution in [3.05, 3.63) is 148 Å². The summed E-state index contributed by atoms with van der Waals surface area (Å²) in [7, 11) is 0. The minimum Gasteiger partial charge on any atom is -0.360 e. The average molecular weight is 623 g/mol. The fourth-order valence-electron chi connectivity index (χ4n) is 4.16. The van der Waals surface area contributed by atoms with Gasteiger partial charge in [0.05, 0.1) is 0 Å². The fourth-order valence-corrected chi connectivity index (χ4v) is 5.37. The summed E-state index contributed by atoms with van der Waals surface area (Å²) >= 11 is 7.68. The molecule has 0 spiro atoms. The first-order chi connectivity index (χ1) is 21.4. The summed E-state index contributed by atoms with van der Waals surface area (Å²) in [6.45, 7) is 1.75. The molecule has 1 atom stereocenters. The Kier molecular flexibility index (Phi) is 9.91. The number of hydrogen-bond donors (Lipinski definition) is 3. The van der Waals surface area contributed by atoms with E-state index in [1.807, 2.05) is 42.5 Å². The van der Waals surface area contributed by atoms with Gasteiger partial charge in [-0.15, -0.1) is 11.8 Å². The van der Waals surface area contributed by atoms with Gasteiger partial charge in [0.1, 0.15) is 16.7 Å². The number of hydrogen-bond acceptors (Lipinski definition) is 6. The Morgan fingerprint density at radius 1 is 0.841 bits per heavy atom. The highest BCUT2D eigenvalue weighted by Crippen LogP contribution is 2.36. The van der Waals surface area contributed by atoms with Crippen LogP contribution in [0.25, 0.3) is 6.08 Å². The van der Waals surface area contributed by atoms with Crippen LogP contribution in [-0.4, -0.2) is 22.9 Å². The number of halogens is 1. The molecule has 3 N–H and O–H groups in total. The Bertz CT molecular complexity index is 1790. The van der Waals surface area contributed by atoms with Gasteiger partial charge in [0.25, 0.3) is 11.8 Å². The van der Waals surface area contributed by atoms with Crippen LogP contribution in [0.2, 0.25) is 5.02 Å². The summed E-state index contributed by atoms with van der Waals surface area (Å²) in [5.74, 6) is -0.287. The Morgan fingerprint density at radius 2 is 1.50 bits per heavy atom. The van der Waals surface area contributed by atoms with Crippen LogP contribution in [0.5, 0.6) is 0 Å². The first-order valence-corrected chi connectivity index (χ1v) is 14.8. The lowest BCUT2D eigenvalue weighted by Gasteiger charge is -2.16. The minimum atomic E-state index is -0.577. The molecule has 0 aliphatic heterocycles. The SMILES string of the molecule is Cc1cc(NC(=O)C(Sc2ccc(NC(=O)/C(=C/c3ccccc3Cl)NC(=O)c3ccccc3)cc2)c2ccccc2)no1. The van der Waals surface area contributed by atoms with Crippen LogP contribution in [0, 0.1) is 6.92 Å². The third-order valence-electron chi connectivity index (χ3n) is 6.32. The maximum atomic E-state index is 13.4. The molecule has 1 heterocycles. The zero-order valence-electron chi connectivity index (χ0n) is 23.5. The largest absolute Gasteiger partial charge is 0.360 e. The smallest absolute Gasteiger partial charge is 0.272 e. The second-order valence-corrected chi connectivity index (χ2v) is 11.2. The van der Waals surface area contributed by atoms with Crippen molar-refractivity contribution in [1.29, 1.82) is 0 Å². The number of aromatic nitrogens is 1. The highest BCUT2D eigenvalue weighted by Gasteiger charge is 2.23. The molecule has 5 rings (SSSR count). The Hall–Kier alpha value is -5.12. The van der Waals surface area contributed by atoms with E-state index < -0.39 is 17.1 Å². The predicted molar refractivity (Wildman–Crippen MR) is 173 cm³/mol. The van der Waals surface area contributed by atoms with Gasteiger partial charge in [-0.25, -0.2) is 0 Å². The van der Waals surface area contributed by atoms with Gasteiger partial charge in [-0.2, -0.15) is 0 Å². The zero-order valence-corrected chi connectivity index (χ0v) is 25.1. The summed E-state index contributed by atoms with van der Waals surface area (Å²) in [6.07, 6.45) is 1.53. The highest BCUT2D eigenvalue weighted by atomic mass is 35.5. The highest BCUT2D eigenvalue weighted by molar-refractivity contribution is 8.00. The molecule has 3 amide bonds. The van der Waals surface area contributed by atoms with Gasteiger partial charge in [0, 0.05) is 27.2 Å². The molecular formula is C34H27ClN4O4S. The van der Waals surface area contributed by atoms with E-state index in [1.165, 1.54) is 17.8 Å². The van der Waals surface area contributed by atoms with E-state index in [0.717, 1.165) is 10.5 Å². The number of rotatable bonds is 10. The minimum absolute atomic E-state index is 0.0225. The number of thioether (sulfide) groups is 1. The summed E-state index contributed by atoms with van der Waals surface area (Å²) in [5, 5.41) is 12.1. The van der Waals surface area contributed by atoms with Crippen molar-refractivity contribution in [2.75, 3.05) is 10.6 Å². The molecule has 10 heteroatoms. The molecular weight excluding hydrogens is 596 g/mol. The monoisotopic (exact) mass is 622 g/mol. The number of amides is 3. The maximum Gasteiger partial charge on any atom is 0.272 e.